The highest BCUT2D eigenvalue weighted by Crippen LogP contribution is 2.17. The molecule has 25 heavy (non-hydrogen) atoms. The number of carbonyl (C=O) groups is 1. The second-order valence-electron chi connectivity index (χ2n) is 6.40. The van der Waals surface area contributed by atoms with E-state index in [-0.39, 0.29) is 11.9 Å². The van der Waals surface area contributed by atoms with Crippen molar-refractivity contribution in [2.75, 3.05) is 7.05 Å². The molecule has 0 aliphatic carbocycles. The Morgan fingerprint density at radius 1 is 1.00 bits per heavy atom. The second kappa shape index (κ2) is 10.00. The van der Waals surface area contributed by atoms with Crippen LogP contribution >= 0.6 is 0 Å². The topological polar surface area (TPSA) is 29.5 Å². The van der Waals surface area contributed by atoms with Crippen LogP contribution in [0.1, 0.15) is 54.6 Å². The number of benzene rings is 2. The summed E-state index contributed by atoms with van der Waals surface area (Å²) in [6, 6.07) is 18.1. The first-order valence-electron chi connectivity index (χ1n) is 9.14. The van der Waals surface area contributed by atoms with Crippen LogP contribution in [0.3, 0.4) is 0 Å². The molecule has 2 rings (SSSR count). The van der Waals surface area contributed by atoms with E-state index < -0.39 is 0 Å². The molecule has 0 spiro atoms. The number of amides is 1. The lowest BCUT2D eigenvalue weighted by molar-refractivity contribution is 0.0706. The second-order valence-corrected chi connectivity index (χ2v) is 6.40. The van der Waals surface area contributed by atoms with Gasteiger partial charge in [0.25, 0.3) is 5.91 Å². The zero-order valence-corrected chi connectivity index (χ0v) is 15.6. The van der Waals surface area contributed by atoms with Crippen molar-refractivity contribution >= 4 is 5.91 Å². The van der Waals surface area contributed by atoms with Gasteiger partial charge in [-0.05, 0) is 30.0 Å². The van der Waals surface area contributed by atoms with Crippen LogP contribution in [-0.2, 0) is 18.0 Å². The zero-order valence-electron chi connectivity index (χ0n) is 15.6. The zero-order chi connectivity index (χ0) is 18.1. The van der Waals surface area contributed by atoms with Crippen molar-refractivity contribution in [2.45, 2.75) is 52.4 Å². The molecule has 134 valence electrons. The van der Waals surface area contributed by atoms with E-state index in [1.165, 1.54) is 0 Å². The summed E-state index contributed by atoms with van der Waals surface area (Å²) in [5, 5.41) is 0. The first-order valence-corrected chi connectivity index (χ1v) is 9.14. The Morgan fingerprint density at radius 3 is 2.36 bits per heavy atom. The fraction of sp³-hybridized carbons (Fsp3) is 0.409. The highest BCUT2D eigenvalue weighted by Gasteiger charge is 2.21. The number of ether oxygens (including phenoxy) is 1. The molecule has 2 aromatic rings. The third-order valence-corrected chi connectivity index (χ3v) is 4.58. The van der Waals surface area contributed by atoms with Crippen LogP contribution in [0.15, 0.2) is 54.6 Å². The molecule has 3 nitrogen and oxygen atoms in total. The summed E-state index contributed by atoms with van der Waals surface area (Å²) in [5.74, 6) is 0.0826. The molecule has 0 fully saturated rings. The minimum Gasteiger partial charge on any atom is -0.372 e. The number of nitrogens with zero attached hydrogens (tertiary/aromatic N) is 1. The van der Waals surface area contributed by atoms with Gasteiger partial charge >= 0.3 is 0 Å². The van der Waals surface area contributed by atoms with Crippen molar-refractivity contribution in [1.82, 2.24) is 4.90 Å². The van der Waals surface area contributed by atoms with Crippen LogP contribution in [0.2, 0.25) is 0 Å². The SMILES string of the molecule is CCCC(CC)N(C)C(=O)c1ccccc1COCc1ccccc1. The van der Waals surface area contributed by atoms with E-state index in [0.717, 1.165) is 36.0 Å². The molecule has 0 saturated heterocycles. The molecular formula is C22H29NO2. The Bertz CT molecular complexity index is 654. The van der Waals surface area contributed by atoms with Crippen LogP contribution in [-0.4, -0.2) is 23.9 Å². The third-order valence-electron chi connectivity index (χ3n) is 4.58. The molecule has 1 atom stereocenters. The van der Waals surface area contributed by atoms with Gasteiger partial charge in [-0.2, -0.15) is 0 Å². The monoisotopic (exact) mass is 339 g/mol. The van der Waals surface area contributed by atoms with Crippen molar-refractivity contribution in [1.29, 1.82) is 0 Å². The van der Waals surface area contributed by atoms with Crippen molar-refractivity contribution < 1.29 is 9.53 Å². The van der Waals surface area contributed by atoms with Gasteiger partial charge in [0.15, 0.2) is 0 Å². The number of rotatable bonds is 9. The maximum absolute atomic E-state index is 12.9. The largest absolute Gasteiger partial charge is 0.372 e. The van der Waals surface area contributed by atoms with Gasteiger partial charge in [0.05, 0.1) is 13.2 Å². The van der Waals surface area contributed by atoms with Crippen molar-refractivity contribution in [3.8, 4) is 0 Å². The first kappa shape index (κ1) is 19.2. The standard InChI is InChI=1S/C22H29NO2/c1-4-11-20(5-2)23(3)22(24)21-15-10-9-14-19(21)17-25-16-18-12-7-6-8-13-18/h6-10,12-15,20H,4-5,11,16-17H2,1-3H3. The molecule has 0 N–H and O–H groups in total. The Kier molecular flexibility index (Phi) is 7.68. The quantitative estimate of drug-likeness (QED) is 0.639. The minimum absolute atomic E-state index is 0.0826. The number of carbonyl (C=O) groups excluding carboxylic acids is 1. The van der Waals surface area contributed by atoms with Crippen molar-refractivity contribution in [2.24, 2.45) is 0 Å². The van der Waals surface area contributed by atoms with Gasteiger partial charge in [-0.25, -0.2) is 0 Å². The number of hydrogen-bond donors (Lipinski definition) is 0. The molecule has 2 aromatic carbocycles. The van der Waals surface area contributed by atoms with Gasteiger partial charge < -0.3 is 9.64 Å². The summed E-state index contributed by atoms with van der Waals surface area (Å²) in [6.45, 7) is 5.28. The Hall–Kier alpha value is -2.13. The van der Waals surface area contributed by atoms with E-state index in [2.05, 4.69) is 13.8 Å². The Balaban J connectivity index is 2.05. The molecule has 1 unspecified atom stereocenters. The predicted molar refractivity (Wildman–Crippen MR) is 102 cm³/mol. The minimum atomic E-state index is 0.0826. The fourth-order valence-corrected chi connectivity index (χ4v) is 3.07. The lowest BCUT2D eigenvalue weighted by atomic mass is 10.0. The van der Waals surface area contributed by atoms with Crippen LogP contribution in [0.5, 0.6) is 0 Å². The van der Waals surface area contributed by atoms with Gasteiger partial charge in [0.2, 0.25) is 0 Å². The lowest BCUT2D eigenvalue weighted by Crippen LogP contribution is -2.37. The van der Waals surface area contributed by atoms with Gasteiger partial charge in [-0.3, -0.25) is 4.79 Å². The normalized spacial score (nSPS) is 12.0. The van der Waals surface area contributed by atoms with Crippen LogP contribution in [0.4, 0.5) is 0 Å². The Labute approximate surface area is 151 Å². The maximum atomic E-state index is 12.9. The maximum Gasteiger partial charge on any atom is 0.254 e. The molecule has 0 aromatic heterocycles. The summed E-state index contributed by atoms with van der Waals surface area (Å²) >= 11 is 0. The van der Waals surface area contributed by atoms with Crippen LogP contribution < -0.4 is 0 Å². The van der Waals surface area contributed by atoms with E-state index in [1.54, 1.807) is 0 Å². The van der Waals surface area contributed by atoms with E-state index >= 15 is 0 Å². The van der Waals surface area contributed by atoms with Gasteiger partial charge in [-0.1, -0.05) is 68.8 Å². The molecule has 3 heteroatoms. The van der Waals surface area contributed by atoms with E-state index in [9.17, 15) is 4.79 Å². The van der Waals surface area contributed by atoms with Gasteiger partial charge in [0, 0.05) is 18.7 Å². The summed E-state index contributed by atoms with van der Waals surface area (Å²) in [4.78, 5) is 14.8. The van der Waals surface area contributed by atoms with Crippen LogP contribution in [0, 0.1) is 0 Å². The van der Waals surface area contributed by atoms with Crippen molar-refractivity contribution in [3.05, 3.63) is 71.3 Å². The van der Waals surface area contributed by atoms with Crippen molar-refractivity contribution in [3.63, 3.8) is 0 Å². The van der Waals surface area contributed by atoms with E-state index in [1.807, 2.05) is 66.5 Å². The number of hydrogen-bond acceptors (Lipinski definition) is 2. The van der Waals surface area contributed by atoms with Gasteiger partial charge in [-0.15, -0.1) is 0 Å². The predicted octanol–water partition coefficient (Wildman–Crippen LogP) is 5.05. The molecule has 0 saturated carbocycles. The summed E-state index contributed by atoms with van der Waals surface area (Å²) in [7, 11) is 1.91. The fourth-order valence-electron chi connectivity index (χ4n) is 3.07. The molecule has 0 aliphatic heterocycles. The smallest absolute Gasteiger partial charge is 0.254 e. The third kappa shape index (κ3) is 5.43. The molecule has 0 aliphatic rings. The van der Waals surface area contributed by atoms with Gasteiger partial charge in [0.1, 0.15) is 0 Å². The molecular weight excluding hydrogens is 310 g/mol. The highest BCUT2D eigenvalue weighted by molar-refractivity contribution is 5.95. The lowest BCUT2D eigenvalue weighted by Gasteiger charge is -2.28. The first-order chi connectivity index (χ1) is 12.2. The summed E-state index contributed by atoms with van der Waals surface area (Å²) in [6.07, 6.45) is 3.09. The van der Waals surface area contributed by atoms with E-state index in [4.69, 9.17) is 4.74 Å². The Morgan fingerprint density at radius 2 is 1.68 bits per heavy atom. The summed E-state index contributed by atoms with van der Waals surface area (Å²) in [5.41, 5.74) is 2.83. The molecule has 1 amide bonds. The highest BCUT2D eigenvalue weighted by atomic mass is 16.5. The summed E-state index contributed by atoms with van der Waals surface area (Å²) < 4.78 is 5.84. The average Bonchev–Trinajstić information content (AvgIpc) is 2.66. The molecule has 0 heterocycles. The molecule has 0 radical (unpaired) electrons. The van der Waals surface area contributed by atoms with E-state index in [0.29, 0.717) is 13.2 Å². The molecule has 0 bridgehead atoms. The van der Waals surface area contributed by atoms with Crippen LogP contribution in [0.25, 0.3) is 0 Å². The average molecular weight is 339 g/mol.